The molecule has 5 fully saturated rings. The van der Waals surface area contributed by atoms with Crippen LogP contribution in [0.1, 0.15) is 47.5 Å². The average molecular weight is 426 g/mol. The van der Waals surface area contributed by atoms with Gasteiger partial charge in [0, 0.05) is 12.8 Å². The first-order chi connectivity index (χ1) is 13.8. The number of ether oxygens (including phenoxy) is 4. The van der Waals surface area contributed by atoms with Crippen LogP contribution in [0.2, 0.25) is 0 Å². The van der Waals surface area contributed by atoms with Gasteiger partial charge in [0.25, 0.3) is 0 Å². The number of hydrogen-bond acceptors (Lipinski definition) is 9. The molecule has 0 radical (unpaired) electrons. The average Bonchev–Trinajstić information content (AvgIpc) is 3.28. The van der Waals surface area contributed by atoms with Gasteiger partial charge in [-0.05, 0) is 24.2 Å². The van der Waals surface area contributed by atoms with E-state index >= 15 is 0 Å². The van der Waals surface area contributed by atoms with E-state index in [1.54, 1.807) is 6.92 Å². The minimum Gasteiger partial charge on any atom is -0.462 e. The number of aliphatic hydroxyl groups excluding tert-OH is 2. The molecule has 7 unspecified atom stereocenters. The van der Waals surface area contributed by atoms with E-state index in [1.807, 2.05) is 20.8 Å². The third-order valence-corrected chi connectivity index (χ3v) is 8.70. The van der Waals surface area contributed by atoms with E-state index in [-0.39, 0.29) is 17.8 Å². The molecule has 0 aromatic rings. The Balaban J connectivity index is 1.75. The minimum absolute atomic E-state index is 0.171. The maximum Gasteiger partial charge on any atom is 0.338 e. The van der Waals surface area contributed by atoms with Crippen LogP contribution in [0, 0.1) is 28.1 Å². The lowest BCUT2D eigenvalue weighted by Gasteiger charge is -2.47. The molecule has 168 valence electrons. The Morgan fingerprint density at radius 2 is 1.90 bits per heavy atom. The molecular formula is C21H30O9. The van der Waals surface area contributed by atoms with Gasteiger partial charge < -0.3 is 34.3 Å². The summed E-state index contributed by atoms with van der Waals surface area (Å²) < 4.78 is 23.2. The van der Waals surface area contributed by atoms with E-state index in [0.717, 1.165) is 0 Å². The fourth-order valence-electron chi connectivity index (χ4n) is 7.63. The van der Waals surface area contributed by atoms with Gasteiger partial charge in [-0.3, -0.25) is 4.79 Å². The second kappa shape index (κ2) is 5.75. The molecule has 2 saturated carbocycles. The van der Waals surface area contributed by atoms with Crippen LogP contribution in [0.5, 0.6) is 0 Å². The highest BCUT2D eigenvalue weighted by Gasteiger charge is 2.91. The molecule has 3 aliphatic heterocycles. The number of fused-ring (bicyclic) bond motifs is 2. The highest BCUT2D eigenvalue weighted by molar-refractivity contribution is 5.79. The SMILES string of the molecule is CC(=O)OC1C[C@@H](C(C)(C)C)C23C(OC(=O)[C@@H]2O)OC2C13CC1OC(O)[C@@H](C)[C@@]12O. The first kappa shape index (κ1) is 20.6. The van der Waals surface area contributed by atoms with E-state index in [2.05, 4.69) is 0 Å². The van der Waals surface area contributed by atoms with Gasteiger partial charge >= 0.3 is 11.9 Å². The number of carbonyl (C=O) groups is 2. The maximum atomic E-state index is 12.6. The van der Waals surface area contributed by atoms with Crippen molar-refractivity contribution in [2.45, 2.75) is 90.1 Å². The summed E-state index contributed by atoms with van der Waals surface area (Å²) in [7, 11) is 0. The molecule has 3 N–H and O–H groups in total. The van der Waals surface area contributed by atoms with Crippen molar-refractivity contribution in [3.8, 4) is 0 Å². The molecule has 3 saturated heterocycles. The van der Waals surface area contributed by atoms with Crippen LogP contribution in [0.3, 0.4) is 0 Å². The van der Waals surface area contributed by atoms with Crippen LogP contribution in [0.25, 0.3) is 0 Å². The minimum atomic E-state index is -1.58. The van der Waals surface area contributed by atoms with Crippen molar-refractivity contribution in [3.63, 3.8) is 0 Å². The van der Waals surface area contributed by atoms with Crippen LogP contribution >= 0.6 is 0 Å². The monoisotopic (exact) mass is 426 g/mol. The van der Waals surface area contributed by atoms with E-state index in [9.17, 15) is 24.9 Å². The predicted molar refractivity (Wildman–Crippen MR) is 98.4 cm³/mol. The summed E-state index contributed by atoms with van der Waals surface area (Å²) in [5.74, 6) is -2.23. The quantitative estimate of drug-likeness (QED) is 0.499. The van der Waals surface area contributed by atoms with Crippen molar-refractivity contribution in [1.29, 1.82) is 0 Å². The van der Waals surface area contributed by atoms with E-state index in [0.29, 0.717) is 6.42 Å². The van der Waals surface area contributed by atoms with Gasteiger partial charge in [-0.25, -0.2) is 4.79 Å². The van der Waals surface area contributed by atoms with Crippen molar-refractivity contribution in [2.75, 3.05) is 0 Å². The molecule has 11 atom stereocenters. The number of aliphatic hydroxyl groups is 3. The first-order valence-corrected chi connectivity index (χ1v) is 10.6. The Hall–Kier alpha value is -1.26. The summed E-state index contributed by atoms with van der Waals surface area (Å²) >= 11 is 0. The number of esters is 2. The molecule has 5 rings (SSSR count). The van der Waals surface area contributed by atoms with Crippen LogP contribution < -0.4 is 0 Å². The molecule has 2 spiro atoms. The number of hydrogen-bond donors (Lipinski definition) is 3. The molecule has 30 heavy (non-hydrogen) atoms. The predicted octanol–water partition coefficient (Wildman–Crippen LogP) is 0.0876. The second-order valence-electron chi connectivity index (χ2n) is 10.8. The summed E-state index contributed by atoms with van der Waals surface area (Å²) in [6, 6.07) is 0. The molecule has 0 aromatic heterocycles. The van der Waals surface area contributed by atoms with Gasteiger partial charge in [0.2, 0.25) is 6.29 Å². The van der Waals surface area contributed by atoms with Gasteiger partial charge in [-0.2, -0.15) is 0 Å². The van der Waals surface area contributed by atoms with Crippen LogP contribution in [0.15, 0.2) is 0 Å². The zero-order valence-corrected chi connectivity index (χ0v) is 17.8. The zero-order chi connectivity index (χ0) is 22.0. The van der Waals surface area contributed by atoms with Gasteiger partial charge in [-0.15, -0.1) is 0 Å². The van der Waals surface area contributed by atoms with Gasteiger partial charge in [0.1, 0.15) is 17.8 Å². The molecule has 3 heterocycles. The smallest absolute Gasteiger partial charge is 0.338 e. The van der Waals surface area contributed by atoms with Crippen LogP contribution in [0.4, 0.5) is 0 Å². The molecule has 0 aromatic carbocycles. The summed E-state index contributed by atoms with van der Waals surface area (Å²) in [6.45, 7) is 9.00. The summed E-state index contributed by atoms with van der Waals surface area (Å²) in [5.41, 5.74) is -4.27. The van der Waals surface area contributed by atoms with Crippen molar-refractivity contribution >= 4 is 11.9 Å². The zero-order valence-electron chi connectivity index (χ0n) is 17.8. The maximum absolute atomic E-state index is 12.6. The van der Waals surface area contributed by atoms with Crippen molar-refractivity contribution in [3.05, 3.63) is 0 Å². The Bertz CT molecular complexity index is 807. The fourth-order valence-corrected chi connectivity index (χ4v) is 7.63. The molecular weight excluding hydrogens is 396 g/mol. The molecule has 9 nitrogen and oxygen atoms in total. The third kappa shape index (κ3) is 1.97. The van der Waals surface area contributed by atoms with E-state index < -0.39 is 71.3 Å². The fraction of sp³-hybridized carbons (Fsp3) is 0.905. The van der Waals surface area contributed by atoms with Crippen molar-refractivity contribution in [2.24, 2.45) is 28.1 Å². The molecule has 2 aliphatic carbocycles. The van der Waals surface area contributed by atoms with Crippen molar-refractivity contribution in [1.82, 2.24) is 0 Å². The summed E-state index contributed by atoms with van der Waals surface area (Å²) in [4.78, 5) is 24.6. The Kier molecular flexibility index (Phi) is 3.95. The lowest BCUT2D eigenvalue weighted by molar-refractivity contribution is -0.203. The summed E-state index contributed by atoms with van der Waals surface area (Å²) in [5, 5.41) is 33.3. The Labute approximate surface area is 174 Å². The largest absolute Gasteiger partial charge is 0.462 e. The molecule has 9 heteroatoms. The Morgan fingerprint density at radius 1 is 1.23 bits per heavy atom. The van der Waals surface area contributed by atoms with Gasteiger partial charge in [0.05, 0.1) is 16.9 Å². The summed E-state index contributed by atoms with van der Waals surface area (Å²) in [6.07, 6.45) is -5.60. The Morgan fingerprint density at radius 3 is 2.50 bits per heavy atom. The second-order valence-corrected chi connectivity index (χ2v) is 10.8. The number of carbonyl (C=O) groups excluding carboxylic acids is 2. The van der Waals surface area contributed by atoms with Gasteiger partial charge in [-0.1, -0.05) is 27.7 Å². The van der Waals surface area contributed by atoms with Crippen LogP contribution in [-0.2, 0) is 28.5 Å². The lowest BCUT2D eigenvalue weighted by atomic mass is 9.54. The third-order valence-electron chi connectivity index (χ3n) is 8.70. The highest BCUT2D eigenvalue weighted by atomic mass is 16.7. The molecule has 5 aliphatic rings. The van der Waals surface area contributed by atoms with E-state index in [4.69, 9.17) is 18.9 Å². The lowest BCUT2D eigenvalue weighted by Crippen LogP contribution is -2.59. The molecule has 0 amide bonds. The topological polar surface area (TPSA) is 132 Å². The van der Waals surface area contributed by atoms with Crippen LogP contribution in [-0.4, -0.2) is 69.9 Å². The number of rotatable bonds is 1. The highest BCUT2D eigenvalue weighted by Crippen LogP contribution is 2.79. The normalized spacial score (nSPS) is 56.3. The molecule has 0 bridgehead atoms. The first-order valence-electron chi connectivity index (χ1n) is 10.6. The van der Waals surface area contributed by atoms with Crippen molar-refractivity contribution < 1.29 is 43.9 Å². The van der Waals surface area contributed by atoms with E-state index in [1.165, 1.54) is 6.92 Å². The standard InChI is InChI=1S/C21H30O9/c1-8-14(24)28-12-7-19-11(27-9(2)22)6-10(18(3,4)5)20(19)13(23)15(25)29-17(20)30-16(19)21(8,12)26/h8,10-14,16-17,23-24,26H,6-7H2,1-5H3/t8-,10+,11?,12?,13+,14?,16?,17?,19?,20?,21-/m1/s1. The van der Waals surface area contributed by atoms with Gasteiger partial charge in [0.15, 0.2) is 12.4 Å².